The lowest BCUT2D eigenvalue weighted by Gasteiger charge is -1.79. The number of hydrogen-bond acceptors (Lipinski definition) is 3. The van der Waals surface area contributed by atoms with Gasteiger partial charge in [0, 0.05) is 16.5 Å². The molecular formula is C4H2N4OS. The first-order chi connectivity index (χ1) is 4.84. The number of azide groups is 1. The molecule has 0 spiro atoms. The van der Waals surface area contributed by atoms with Crippen LogP contribution in [0.5, 0.6) is 0 Å². The second-order valence-electron chi connectivity index (χ2n) is 1.33. The highest BCUT2D eigenvalue weighted by molar-refractivity contribution is 7.11. The van der Waals surface area contributed by atoms with Crippen LogP contribution in [-0.4, -0.2) is 10.9 Å². The molecular weight excluding hydrogens is 152 g/mol. The molecule has 0 fully saturated rings. The number of nitrogens with zero attached hydrogens (tertiary/aromatic N) is 4. The summed E-state index contributed by atoms with van der Waals surface area (Å²) in [4.78, 5) is 16.6. The maximum atomic E-state index is 10.6. The molecule has 0 unspecified atom stereocenters. The van der Waals surface area contributed by atoms with Crippen LogP contribution in [0, 0.1) is 0 Å². The van der Waals surface area contributed by atoms with Gasteiger partial charge in [-0.05, 0) is 10.6 Å². The Balaban J connectivity index is 2.87. The van der Waals surface area contributed by atoms with Gasteiger partial charge >= 0.3 is 0 Å². The van der Waals surface area contributed by atoms with Crippen LogP contribution < -0.4 is 0 Å². The van der Waals surface area contributed by atoms with Crippen LogP contribution in [0.25, 0.3) is 10.4 Å². The standard InChI is InChI=1S/C4H2N4OS/c5-8-7-3(9)4-6-1-2-10-4/h1-2H. The van der Waals surface area contributed by atoms with E-state index in [4.69, 9.17) is 5.53 Å². The van der Waals surface area contributed by atoms with E-state index in [0.717, 1.165) is 11.3 Å². The van der Waals surface area contributed by atoms with E-state index < -0.39 is 5.91 Å². The lowest BCUT2D eigenvalue weighted by molar-refractivity contribution is 0.1000. The van der Waals surface area contributed by atoms with Gasteiger partial charge in [0.1, 0.15) is 0 Å². The highest BCUT2D eigenvalue weighted by Crippen LogP contribution is 2.04. The van der Waals surface area contributed by atoms with Crippen LogP contribution in [0.4, 0.5) is 0 Å². The Bertz CT molecular complexity index is 273. The molecule has 1 aromatic rings. The van der Waals surface area contributed by atoms with Gasteiger partial charge in [-0.3, -0.25) is 4.79 Å². The third-order valence-corrected chi connectivity index (χ3v) is 1.51. The van der Waals surface area contributed by atoms with Crippen molar-refractivity contribution in [3.63, 3.8) is 0 Å². The molecule has 0 saturated heterocycles. The van der Waals surface area contributed by atoms with E-state index >= 15 is 0 Å². The first-order valence-electron chi connectivity index (χ1n) is 2.33. The molecule has 0 saturated carbocycles. The fourth-order valence-electron chi connectivity index (χ4n) is 0.412. The van der Waals surface area contributed by atoms with Crippen molar-refractivity contribution in [1.82, 2.24) is 4.98 Å². The molecule has 10 heavy (non-hydrogen) atoms. The van der Waals surface area contributed by atoms with Crippen molar-refractivity contribution < 1.29 is 4.79 Å². The minimum absolute atomic E-state index is 0.220. The van der Waals surface area contributed by atoms with Gasteiger partial charge in [0.05, 0.1) is 0 Å². The van der Waals surface area contributed by atoms with Crippen molar-refractivity contribution >= 4 is 17.2 Å². The fraction of sp³-hybridized carbons (Fsp3) is 0. The highest BCUT2D eigenvalue weighted by Gasteiger charge is 2.03. The molecule has 1 rings (SSSR count). The Morgan fingerprint density at radius 3 is 3.20 bits per heavy atom. The minimum atomic E-state index is -0.627. The molecule has 1 amide bonds. The van der Waals surface area contributed by atoms with Gasteiger partial charge in [0.15, 0.2) is 5.01 Å². The molecule has 5 nitrogen and oxygen atoms in total. The number of aromatic nitrogens is 1. The van der Waals surface area contributed by atoms with Gasteiger partial charge in [0.25, 0.3) is 5.91 Å². The fourth-order valence-corrected chi connectivity index (χ4v) is 0.926. The monoisotopic (exact) mass is 154 g/mol. The average molecular weight is 154 g/mol. The van der Waals surface area contributed by atoms with Gasteiger partial charge in [-0.1, -0.05) is 0 Å². The molecule has 0 atom stereocenters. The van der Waals surface area contributed by atoms with E-state index in [1.807, 2.05) is 0 Å². The number of hydrogen-bond donors (Lipinski definition) is 0. The zero-order chi connectivity index (χ0) is 7.40. The second kappa shape index (κ2) is 2.95. The van der Waals surface area contributed by atoms with E-state index in [1.165, 1.54) is 6.20 Å². The van der Waals surface area contributed by atoms with Crippen molar-refractivity contribution in [2.75, 3.05) is 0 Å². The van der Waals surface area contributed by atoms with Crippen LogP contribution >= 0.6 is 11.3 Å². The first-order valence-corrected chi connectivity index (χ1v) is 3.21. The van der Waals surface area contributed by atoms with E-state index in [0.29, 0.717) is 0 Å². The summed E-state index contributed by atoms with van der Waals surface area (Å²) in [6.07, 6.45) is 1.48. The first kappa shape index (κ1) is 6.73. The Labute approximate surface area is 60.0 Å². The summed E-state index contributed by atoms with van der Waals surface area (Å²) >= 11 is 1.15. The Morgan fingerprint density at radius 2 is 2.70 bits per heavy atom. The van der Waals surface area contributed by atoms with Gasteiger partial charge in [-0.25, -0.2) is 4.98 Å². The summed E-state index contributed by atoms with van der Waals surface area (Å²) in [6.45, 7) is 0. The molecule has 0 aliphatic carbocycles. The summed E-state index contributed by atoms with van der Waals surface area (Å²) in [5.74, 6) is -0.627. The number of amides is 1. The van der Waals surface area contributed by atoms with Gasteiger partial charge < -0.3 is 0 Å². The number of carbonyl (C=O) groups is 1. The van der Waals surface area contributed by atoms with Crippen molar-refractivity contribution in [1.29, 1.82) is 0 Å². The van der Waals surface area contributed by atoms with Crippen LogP contribution in [0.1, 0.15) is 9.80 Å². The molecule has 0 aliphatic heterocycles. The van der Waals surface area contributed by atoms with Gasteiger partial charge in [-0.15, -0.1) is 11.3 Å². The predicted molar refractivity (Wildman–Crippen MR) is 35.6 cm³/mol. The third kappa shape index (κ3) is 1.31. The molecule has 0 aliphatic rings. The second-order valence-corrected chi connectivity index (χ2v) is 2.23. The largest absolute Gasteiger partial charge is 0.284 e. The molecule has 0 bridgehead atoms. The summed E-state index contributed by atoms with van der Waals surface area (Å²) in [7, 11) is 0. The average Bonchev–Trinajstić information content (AvgIpc) is 2.38. The zero-order valence-electron chi connectivity index (χ0n) is 4.76. The van der Waals surface area contributed by atoms with Crippen molar-refractivity contribution in [2.45, 2.75) is 0 Å². The lowest BCUT2D eigenvalue weighted by Crippen LogP contribution is -1.89. The van der Waals surface area contributed by atoms with Crippen molar-refractivity contribution in [3.8, 4) is 0 Å². The van der Waals surface area contributed by atoms with Crippen LogP contribution in [-0.2, 0) is 0 Å². The zero-order valence-corrected chi connectivity index (χ0v) is 5.58. The maximum absolute atomic E-state index is 10.6. The number of rotatable bonds is 1. The topological polar surface area (TPSA) is 78.7 Å². The predicted octanol–water partition coefficient (Wildman–Crippen LogP) is 1.59. The number of thiazole rings is 1. The van der Waals surface area contributed by atoms with E-state index in [-0.39, 0.29) is 5.01 Å². The van der Waals surface area contributed by atoms with Gasteiger partial charge in [0.2, 0.25) is 0 Å². The summed E-state index contributed by atoms with van der Waals surface area (Å²) < 4.78 is 0. The molecule has 6 heteroatoms. The minimum Gasteiger partial charge on any atom is -0.284 e. The van der Waals surface area contributed by atoms with Gasteiger partial charge in [-0.2, -0.15) is 0 Å². The molecule has 1 aromatic heterocycles. The number of carbonyl (C=O) groups excluding carboxylic acids is 1. The van der Waals surface area contributed by atoms with E-state index in [9.17, 15) is 4.79 Å². The lowest BCUT2D eigenvalue weighted by atomic mass is 10.7. The van der Waals surface area contributed by atoms with Crippen LogP contribution in [0.2, 0.25) is 0 Å². The summed E-state index contributed by atoms with van der Waals surface area (Å²) in [6, 6.07) is 0. The molecule has 0 N–H and O–H groups in total. The van der Waals surface area contributed by atoms with E-state index in [2.05, 4.69) is 15.0 Å². The van der Waals surface area contributed by atoms with Crippen molar-refractivity contribution in [3.05, 3.63) is 27.0 Å². The Kier molecular flexibility index (Phi) is 1.99. The summed E-state index contributed by atoms with van der Waals surface area (Å²) in [5, 5.41) is 4.72. The Morgan fingerprint density at radius 1 is 1.90 bits per heavy atom. The smallest absolute Gasteiger partial charge is 0.277 e. The molecule has 0 radical (unpaired) electrons. The third-order valence-electron chi connectivity index (χ3n) is 0.751. The Hall–Kier alpha value is -1.39. The van der Waals surface area contributed by atoms with E-state index in [1.54, 1.807) is 5.38 Å². The molecule has 1 heterocycles. The quantitative estimate of drug-likeness (QED) is 0.349. The van der Waals surface area contributed by atoms with Crippen LogP contribution in [0.15, 0.2) is 16.7 Å². The molecule has 0 aromatic carbocycles. The van der Waals surface area contributed by atoms with Crippen molar-refractivity contribution in [2.24, 2.45) is 5.11 Å². The normalized spacial score (nSPS) is 8.40. The van der Waals surface area contributed by atoms with Crippen LogP contribution in [0.3, 0.4) is 0 Å². The summed E-state index contributed by atoms with van der Waals surface area (Å²) in [5.41, 5.74) is 7.85. The molecule has 50 valence electrons. The maximum Gasteiger partial charge on any atom is 0.277 e. The SMILES string of the molecule is [N-]=[N+]=NC(=O)c1nccs1. The highest BCUT2D eigenvalue weighted by atomic mass is 32.1.